The zero-order valence-electron chi connectivity index (χ0n) is 20.2. The van der Waals surface area contributed by atoms with Crippen LogP contribution in [0.2, 0.25) is 0 Å². The normalized spacial score (nSPS) is 15.0. The lowest BCUT2D eigenvalue weighted by molar-refractivity contribution is -0.200. The first kappa shape index (κ1) is 28.4. The summed E-state index contributed by atoms with van der Waals surface area (Å²) in [5.74, 6) is -1.87. The summed E-state index contributed by atoms with van der Waals surface area (Å²) in [7, 11) is 0. The summed E-state index contributed by atoms with van der Waals surface area (Å²) >= 11 is 0. The second kappa shape index (κ2) is 14.5. The molecule has 2 amide bonds. The summed E-state index contributed by atoms with van der Waals surface area (Å²) in [4.78, 5) is 39.4. The molecule has 1 aliphatic heterocycles. The molecule has 0 aromatic rings. The van der Waals surface area contributed by atoms with Crippen molar-refractivity contribution in [1.29, 1.82) is 0 Å². The molecule has 0 aliphatic carbocycles. The van der Waals surface area contributed by atoms with E-state index in [1.54, 1.807) is 0 Å². The number of nitrogens with zero attached hydrogens (tertiary/aromatic N) is 1. The van der Waals surface area contributed by atoms with Gasteiger partial charge in [0.25, 0.3) is 11.8 Å². The van der Waals surface area contributed by atoms with Crippen molar-refractivity contribution >= 4 is 17.8 Å². The van der Waals surface area contributed by atoms with E-state index in [0.29, 0.717) is 31.5 Å². The summed E-state index contributed by atoms with van der Waals surface area (Å²) in [6.07, 6.45) is 0.248. The third kappa shape index (κ3) is 11.3. The van der Waals surface area contributed by atoms with E-state index < -0.39 is 29.8 Å². The van der Waals surface area contributed by atoms with Crippen LogP contribution >= 0.6 is 0 Å². The van der Waals surface area contributed by atoms with Crippen LogP contribution < -0.4 is 0 Å². The maximum atomic E-state index is 11.7. The van der Waals surface area contributed by atoms with Gasteiger partial charge in [0.1, 0.15) is 6.61 Å². The highest BCUT2D eigenvalue weighted by atomic mass is 16.7. The van der Waals surface area contributed by atoms with Crippen molar-refractivity contribution in [3.63, 3.8) is 0 Å². The number of amides is 2. The van der Waals surface area contributed by atoms with Gasteiger partial charge >= 0.3 is 5.97 Å². The molecule has 32 heavy (non-hydrogen) atoms. The average Bonchev–Trinajstić information content (AvgIpc) is 3.03. The number of carbonyl (C=O) groups is 3. The van der Waals surface area contributed by atoms with Gasteiger partial charge in [0.2, 0.25) is 0 Å². The number of hydrogen-bond donors (Lipinski definition) is 0. The van der Waals surface area contributed by atoms with Crippen molar-refractivity contribution in [3.8, 4) is 0 Å². The second-order valence-electron chi connectivity index (χ2n) is 8.73. The largest absolute Gasteiger partial charge is 0.378 e. The van der Waals surface area contributed by atoms with Crippen LogP contribution in [0.4, 0.5) is 0 Å². The van der Waals surface area contributed by atoms with Gasteiger partial charge in [0.15, 0.2) is 0 Å². The van der Waals surface area contributed by atoms with Crippen molar-refractivity contribution in [3.05, 3.63) is 0 Å². The fourth-order valence-corrected chi connectivity index (χ4v) is 2.63. The summed E-state index contributed by atoms with van der Waals surface area (Å²) in [6, 6.07) is 0. The molecule has 0 aromatic carbocycles. The highest BCUT2D eigenvalue weighted by Gasteiger charge is 2.34. The van der Waals surface area contributed by atoms with E-state index in [4.69, 9.17) is 28.5 Å². The molecule has 186 valence electrons. The molecular formula is C22H39NO9. The van der Waals surface area contributed by atoms with Crippen LogP contribution in [0.15, 0.2) is 0 Å². The van der Waals surface area contributed by atoms with E-state index in [0.717, 1.165) is 0 Å². The number of carbonyl (C=O) groups excluding carboxylic acids is 3. The molecule has 0 unspecified atom stereocenters. The van der Waals surface area contributed by atoms with Gasteiger partial charge in [-0.15, -0.1) is 5.06 Å². The summed E-state index contributed by atoms with van der Waals surface area (Å²) in [5.41, 5.74) is -0.492. The molecule has 0 atom stereocenters. The minimum atomic E-state index is -0.816. The van der Waals surface area contributed by atoms with E-state index in [9.17, 15) is 14.4 Å². The minimum absolute atomic E-state index is 0.0458. The Hall–Kier alpha value is -1.59. The van der Waals surface area contributed by atoms with Crippen molar-refractivity contribution in [2.45, 2.75) is 72.7 Å². The molecule has 1 aliphatic rings. The third-order valence-electron chi connectivity index (χ3n) is 4.37. The Morgan fingerprint density at radius 2 is 1.22 bits per heavy atom. The topological polar surface area (TPSA) is 110 Å². The van der Waals surface area contributed by atoms with Gasteiger partial charge in [-0.2, -0.15) is 0 Å². The number of hydroxylamine groups is 2. The molecule has 0 bridgehead atoms. The lowest BCUT2D eigenvalue weighted by atomic mass is 9.92. The van der Waals surface area contributed by atoms with Gasteiger partial charge in [0, 0.05) is 12.8 Å². The zero-order valence-corrected chi connectivity index (χ0v) is 20.2. The lowest BCUT2D eigenvalue weighted by Crippen LogP contribution is -2.43. The van der Waals surface area contributed by atoms with Crippen LogP contribution in [-0.2, 0) is 42.9 Å². The van der Waals surface area contributed by atoms with Crippen LogP contribution in [0.3, 0.4) is 0 Å². The molecular weight excluding hydrogens is 422 g/mol. The molecule has 1 heterocycles. The number of imide groups is 1. The van der Waals surface area contributed by atoms with E-state index in [-0.39, 0.29) is 44.4 Å². The fourth-order valence-electron chi connectivity index (χ4n) is 2.63. The highest BCUT2D eigenvalue weighted by molar-refractivity contribution is 6.01. The fraction of sp³-hybridized carbons (Fsp3) is 0.864. The molecule has 0 aromatic heterocycles. The van der Waals surface area contributed by atoms with Crippen LogP contribution in [0.1, 0.15) is 54.4 Å². The lowest BCUT2D eigenvalue weighted by Gasteiger charge is -2.35. The van der Waals surface area contributed by atoms with Crippen molar-refractivity contribution in [2.24, 2.45) is 5.41 Å². The second-order valence-corrected chi connectivity index (χ2v) is 8.73. The summed E-state index contributed by atoms with van der Waals surface area (Å²) < 4.78 is 28.7. The van der Waals surface area contributed by atoms with Gasteiger partial charge in [-0.05, 0) is 41.5 Å². The third-order valence-corrected chi connectivity index (χ3v) is 4.37. The molecule has 0 radical (unpaired) electrons. The number of rotatable bonds is 17. The van der Waals surface area contributed by atoms with E-state index >= 15 is 0 Å². The molecule has 10 nitrogen and oxygen atoms in total. The van der Waals surface area contributed by atoms with Gasteiger partial charge in [-0.1, -0.05) is 0 Å². The van der Waals surface area contributed by atoms with Gasteiger partial charge < -0.3 is 28.5 Å². The summed E-state index contributed by atoms with van der Waals surface area (Å²) in [6.45, 7) is 13.3. The minimum Gasteiger partial charge on any atom is -0.378 e. The predicted molar refractivity (Wildman–Crippen MR) is 115 cm³/mol. The average molecular weight is 462 g/mol. The first-order valence-electron chi connectivity index (χ1n) is 11.1. The van der Waals surface area contributed by atoms with Crippen LogP contribution in [0.5, 0.6) is 0 Å². The molecule has 10 heteroatoms. The van der Waals surface area contributed by atoms with Crippen molar-refractivity contribution < 1.29 is 42.9 Å². The Balaban J connectivity index is 2.46. The Morgan fingerprint density at radius 3 is 1.66 bits per heavy atom. The maximum absolute atomic E-state index is 11.7. The number of ether oxygens (including phenoxy) is 5. The Kier molecular flexibility index (Phi) is 12.9. The maximum Gasteiger partial charge on any atom is 0.358 e. The number of hydrogen-bond acceptors (Lipinski definition) is 9. The standard InChI is InChI=1S/C22H39NO9/c1-16(2)29-13-22(14-30-17(3)4,15-31-18(5)6)12-28-10-9-27-11-21(26)32-23-19(24)7-8-20(23)25/h16-18H,7-15H2,1-6H3. The SMILES string of the molecule is CC(C)OCC(COCCOCC(=O)ON1C(=O)CCC1=O)(COC(C)C)COC(C)C. The predicted octanol–water partition coefficient (Wildman–Crippen LogP) is 1.89. The van der Waals surface area contributed by atoms with Crippen LogP contribution in [0.25, 0.3) is 0 Å². The zero-order chi connectivity index (χ0) is 24.1. The smallest absolute Gasteiger partial charge is 0.358 e. The van der Waals surface area contributed by atoms with Crippen molar-refractivity contribution in [1.82, 2.24) is 5.06 Å². The van der Waals surface area contributed by atoms with Crippen molar-refractivity contribution in [2.75, 3.05) is 46.2 Å². The molecule has 0 spiro atoms. The Morgan fingerprint density at radius 1 is 0.781 bits per heavy atom. The highest BCUT2D eigenvalue weighted by Crippen LogP contribution is 2.23. The van der Waals surface area contributed by atoms with Gasteiger partial charge in [-0.3, -0.25) is 9.59 Å². The van der Waals surface area contributed by atoms with Gasteiger partial charge in [-0.25, -0.2) is 4.79 Å². The molecule has 1 fully saturated rings. The van der Waals surface area contributed by atoms with E-state index in [1.807, 2.05) is 41.5 Å². The molecule has 0 N–H and O–H groups in total. The molecule has 0 saturated carbocycles. The van der Waals surface area contributed by atoms with E-state index in [2.05, 4.69) is 0 Å². The Labute approximate surface area is 190 Å². The molecule has 1 rings (SSSR count). The van der Waals surface area contributed by atoms with E-state index in [1.165, 1.54) is 0 Å². The van der Waals surface area contributed by atoms with Gasteiger partial charge in [0.05, 0.1) is 63.4 Å². The summed E-state index contributed by atoms with van der Waals surface area (Å²) in [5, 5.41) is 0.495. The monoisotopic (exact) mass is 461 g/mol. The van der Waals surface area contributed by atoms with Crippen LogP contribution in [0, 0.1) is 5.41 Å². The molecule has 1 saturated heterocycles. The Bertz CT molecular complexity index is 545. The first-order valence-corrected chi connectivity index (χ1v) is 11.1. The quantitative estimate of drug-likeness (QED) is 0.237. The van der Waals surface area contributed by atoms with Crippen LogP contribution in [-0.4, -0.2) is 87.4 Å². The first-order chi connectivity index (χ1) is 15.0.